The van der Waals surface area contributed by atoms with Crippen LogP contribution in [-0.4, -0.2) is 5.91 Å². The fourth-order valence-corrected chi connectivity index (χ4v) is 3.49. The average Bonchev–Trinajstić information content (AvgIpc) is 2.71. The zero-order valence-corrected chi connectivity index (χ0v) is 14.5. The van der Waals surface area contributed by atoms with E-state index >= 15 is 0 Å². The van der Waals surface area contributed by atoms with Crippen molar-refractivity contribution in [1.29, 1.82) is 0 Å². The summed E-state index contributed by atoms with van der Waals surface area (Å²) in [6.45, 7) is 8.20. The van der Waals surface area contributed by atoms with Crippen LogP contribution < -0.4 is 5.32 Å². The minimum atomic E-state index is -0.0312. The molecule has 1 amide bonds. The molecule has 20 heavy (non-hydrogen) atoms. The number of carbonyl (C=O) groups is 1. The van der Waals surface area contributed by atoms with Crippen molar-refractivity contribution in [2.75, 3.05) is 0 Å². The van der Waals surface area contributed by atoms with Crippen molar-refractivity contribution in [1.82, 2.24) is 5.32 Å². The van der Waals surface area contributed by atoms with E-state index in [0.717, 1.165) is 10.0 Å². The molecule has 0 saturated carbocycles. The van der Waals surface area contributed by atoms with Crippen LogP contribution >= 0.6 is 27.3 Å². The maximum absolute atomic E-state index is 12.3. The van der Waals surface area contributed by atoms with Crippen LogP contribution in [0.2, 0.25) is 0 Å². The van der Waals surface area contributed by atoms with E-state index < -0.39 is 0 Å². The molecule has 2 nitrogen and oxygen atoms in total. The molecule has 1 aromatic carbocycles. The van der Waals surface area contributed by atoms with E-state index in [2.05, 4.69) is 41.2 Å². The lowest BCUT2D eigenvalue weighted by atomic mass is 10.1. The molecular formula is C16H18BrNOS. The molecule has 0 aliphatic rings. The van der Waals surface area contributed by atoms with Gasteiger partial charge in [-0.25, -0.2) is 0 Å². The Hall–Kier alpha value is -1.13. The van der Waals surface area contributed by atoms with Gasteiger partial charge in [0.15, 0.2) is 0 Å². The first-order chi connectivity index (χ1) is 9.38. The Bertz CT molecular complexity index is 648. The molecule has 0 radical (unpaired) electrons. The summed E-state index contributed by atoms with van der Waals surface area (Å²) in [5.74, 6) is -0.0312. The number of aryl methyl sites for hydroxylation is 3. The number of amides is 1. The first-order valence-corrected chi connectivity index (χ1v) is 8.13. The maximum Gasteiger partial charge on any atom is 0.251 e. The smallest absolute Gasteiger partial charge is 0.251 e. The van der Waals surface area contributed by atoms with E-state index in [-0.39, 0.29) is 11.9 Å². The zero-order chi connectivity index (χ0) is 14.9. The molecule has 1 unspecified atom stereocenters. The van der Waals surface area contributed by atoms with Crippen molar-refractivity contribution >= 4 is 33.2 Å². The predicted molar refractivity (Wildman–Crippen MR) is 88.6 cm³/mol. The molecule has 0 bridgehead atoms. The topological polar surface area (TPSA) is 29.1 Å². The monoisotopic (exact) mass is 351 g/mol. The Balaban J connectivity index is 2.15. The molecule has 0 aliphatic carbocycles. The normalized spacial score (nSPS) is 12.2. The summed E-state index contributed by atoms with van der Waals surface area (Å²) >= 11 is 5.22. The Morgan fingerprint density at radius 1 is 1.25 bits per heavy atom. The second-order valence-electron chi connectivity index (χ2n) is 5.03. The van der Waals surface area contributed by atoms with E-state index in [1.807, 2.05) is 32.0 Å². The summed E-state index contributed by atoms with van der Waals surface area (Å²) in [5.41, 5.74) is 2.96. The van der Waals surface area contributed by atoms with Crippen molar-refractivity contribution in [3.63, 3.8) is 0 Å². The minimum Gasteiger partial charge on any atom is -0.345 e. The molecule has 1 atom stereocenters. The second kappa shape index (κ2) is 6.10. The molecule has 0 fully saturated rings. The van der Waals surface area contributed by atoms with Crippen LogP contribution in [0.5, 0.6) is 0 Å². The van der Waals surface area contributed by atoms with E-state index in [1.165, 1.54) is 15.3 Å². The summed E-state index contributed by atoms with van der Waals surface area (Å²) < 4.78 is 1.02. The molecule has 1 aromatic heterocycles. The third-order valence-electron chi connectivity index (χ3n) is 3.31. The first-order valence-electron chi connectivity index (χ1n) is 6.52. The van der Waals surface area contributed by atoms with Crippen molar-refractivity contribution in [2.45, 2.75) is 33.7 Å². The van der Waals surface area contributed by atoms with Gasteiger partial charge in [-0.2, -0.15) is 0 Å². The fourth-order valence-electron chi connectivity index (χ4n) is 2.22. The molecule has 106 valence electrons. The Morgan fingerprint density at radius 2 is 1.95 bits per heavy atom. The van der Waals surface area contributed by atoms with Crippen LogP contribution in [-0.2, 0) is 0 Å². The fraction of sp³-hybridized carbons (Fsp3) is 0.312. The summed E-state index contributed by atoms with van der Waals surface area (Å²) in [5, 5.41) is 3.07. The van der Waals surface area contributed by atoms with Crippen molar-refractivity contribution in [2.24, 2.45) is 0 Å². The van der Waals surface area contributed by atoms with Gasteiger partial charge in [0.25, 0.3) is 5.91 Å². The van der Waals surface area contributed by atoms with Crippen molar-refractivity contribution < 1.29 is 4.79 Å². The minimum absolute atomic E-state index is 0.0244. The maximum atomic E-state index is 12.3. The Labute approximate surface area is 132 Å². The van der Waals surface area contributed by atoms with Gasteiger partial charge in [-0.05, 0) is 63.1 Å². The summed E-state index contributed by atoms with van der Waals surface area (Å²) in [6.07, 6.45) is 0. The van der Waals surface area contributed by atoms with Gasteiger partial charge in [0.2, 0.25) is 0 Å². The molecule has 2 aromatic rings. The summed E-state index contributed by atoms with van der Waals surface area (Å²) in [6, 6.07) is 7.83. The second-order valence-corrected chi connectivity index (χ2v) is 7.34. The number of carbonyl (C=O) groups excluding carboxylic acids is 1. The highest BCUT2D eigenvalue weighted by molar-refractivity contribution is 9.10. The van der Waals surface area contributed by atoms with Crippen LogP contribution in [0.4, 0.5) is 0 Å². The van der Waals surface area contributed by atoms with Gasteiger partial charge in [0.1, 0.15) is 0 Å². The number of hydrogen-bond donors (Lipinski definition) is 1. The number of thiophene rings is 1. The van der Waals surface area contributed by atoms with Crippen LogP contribution in [0.3, 0.4) is 0 Å². The molecule has 1 N–H and O–H groups in total. The Kier molecular flexibility index (Phi) is 4.66. The highest BCUT2D eigenvalue weighted by Gasteiger charge is 2.15. The summed E-state index contributed by atoms with van der Waals surface area (Å²) in [7, 11) is 0. The van der Waals surface area contributed by atoms with Crippen LogP contribution in [0.1, 0.15) is 44.2 Å². The Morgan fingerprint density at radius 3 is 2.50 bits per heavy atom. The van der Waals surface area contributed by atoms with Gasteiger partial charge in [-0.1, -0.05) is 15.9 Å². The zero-order valence-electron chi connectivity index (χ0n) is 12.1. The third-order valence-corrected chi connectivity index (χ3v) is 5.19. The molecule has 0 saturated heterocycles. The van der Waals surface area contributed by atoms with Gasteiger partial charge in [-0.3, -0.25) is 4.79 Å². The van der Waals surface area contributed by atoms with Crippen LogP contribution in [0, 0.1) is 20.8 Å². The largest absolute Gasteiger partial charge is 0.345 e. The molecule has 2 rings (SSSR count). The van der Waals surface area contributed by atoms with Crippen molar-refractivity contribution in [3.8, 4) is 0 Å². The highest BCUT2D eigenvalue weighted by atomic mass is 79.9. The third kappa shape index (κ3) is 3.30. The highest BCUT2D eigenvalue weighted by Crippen LogP contribution is 2.26. The molecule has 4 heteroatoms. The lowest BCUT2D eigenvalue weighted by Crippen LogP contribution is -2.26. The quantitative estimate of drug-likeness (QED) is 0.834. The van der Waals surface area contributed by atoms with Gasteiger partial charge in [-0.15, -0.1) is 11.3 Å². The molecular weight excluding hydrogens is 334 g/mol. The molecule has 0 spiro atoms. The molecule has 1 heterocycles. The predicted octanol–water partition coefficient (Wildman–Crippen LogP) is 4.93. The lowest BCUT2D eigenvalue weighted by Gasteiger charge is -2.14. The molecule has 0 aliphatic heterocycles. The first kappa shape index (κ1) is 15.3. The number of benzene rings is 1. The SMILES string of the molecule is Cc1cc(C(C)NC(=O)c2ccc(Br)c(C)c2)c(C)s1. The number of halogens is 1. The average molecular weight is 352 g/mol. The van der Waals surface area contributed by atoms with Crippen LogP contribution in [0.15, 0.2) is 28.7 Å². The summed E-state index contributed by atoms with van der Waals surface area (Å²) in [4.78, 5) is 14.8. The van der Waals surface area contributed by atoms with Crippen molar-refractivity contribution in [3.05, 3.63) is 55.2 Å². The van der Waals surface area contributed by atoms with Gasteiger partial charge in [0.05, 0.1) is 6.04 Å². The lowest BCUT2D eigenvalue weighted by molar-refractivity contribution is 0.0940. The number of rotatable bonds is 3. The van der Waals surface area contributed by atoms with Crippen LogP contribution in [0.25, 0.3) is 0 Å². The van der Waals surface area contributed by atoms with Gasteiger partial charge in [0, 0.05) is 19.8 Å². The van der Waals surface area contributed by atoms with E-state index in [4.69, 9.17) is 0 Å². The van der Waals surface area contributed by atoms with Gasteiger partial charge >= 0.3 is 0 Å². The van der Waals surface area contributed by atoms with E-state index in [9.17, 15) is 4.79 Å². The standard InChI is InChI=1S/C16H18BrNOS/c1-9-7-13(5-6-15(9)17)16(19)18-11(3)14-8-10(2)20-12(14)4/h5-8,11H,1-4H3,(H,18,19). The number of hydrogen-bond acceptors (Lipinski definition) is 2. The van der Waals surface area contributed by atoms with Gasteiger partial charge < -0.3 is 5.32 Å². The van der Waals surface area contributed by atoms with E-state index in [1.54, 1.807) is 11.3 Å². The number of nitrogens with one attached hydrogen (secondary N) is 1. The van der Waals surface area contributed by atoms with E-state index in [0.29, 0.717) is 5.56 Å².